The summed E-state index contributed by atoms with van der Waals surface area (Å²) in [5.41, 5.74) is 8.55. The van der Waals surface area contributed by atoms with Gasteiger partial charge in [-0.25, -0.2) is 9.78 Å². The summed E-state index contributed by atoms with van der Waals surface area (Å²) in [6, 6.07) is 17.1. The van der Waals surface area contributed by atoms with Crippen molar-refractivity contribution in [2.45, 2.75) is 33.0 Å². The van der Waals surface area contributed by atoms with Gasteiger partial charge in [0.2, 0.25) is 0 Å². The van der Waals surface area contributed by atoms with Crippen molar-refractivity contribution in [3.63, 3.8) is 0 Å². The van der Waals surface area contributed by atoms with Crippen LogP contribution >= 0.6 is 11.3 Å². The summed E-state index contributed by atoms with van der Waals surface area (Å²) in [7, 11) is 0. The smallest absolute Gasteiger partial charge is 0.347 e. The highest BCUT2D eigenvalue weighted by atomic mass is 32.1. The molecule has 0 spiro atoms. The van der Waals surface area contributed by atoms with Crippen molar-refractivity contribution in [1.82, 2.24) is 4.98 Å². The minimum absolute atomic E-state index is 0.239. The molecule has 2 N–H and O–H groups in total. The number of aromatic nitrogens is 1. The third-order valence-electron chi connectivity index (χ3n) is 4.08. The SMILES string of the molecule is CCC(Oc1ccc(-c2nc(N)sc2C)cc1)C(=O)OCc1ccccc1. The lowest BCUT2D eigenvalue weighted by Gasteiger charge is -2.16. The van der Waals surface area contributed by atoms with Gasteiger partial charge in [-0.05, 0) is 43.2 Å². The molecule has 1 atom stereocenters. The summed E-state index contributed by atoms with van der Waals surface area (Å²) in [6.45, 7) is 4.12. The number of ether oxygens (including phenoxy) is 2. The number of hydrogen-bond donors (Lipinski definition) is 1. The number of benzene rings is 2. The molecule has 27 heavy (non-hydrogen) atoms. The molecule has 6 heteroatoms. The number of carbonyl (C=O) groups excluding carboxylic acids is 1. The molecule has 0 fully saturated rings. The van der Waals surface area contributed by atoms with E-state index in [9.17, 15) is 4.79 Å². The Hall–Kier alpha value is -2.86. The van der Waals surface area contributed by atoms with Gasteiger partial charge in [-0.2, -0.15) is 0 Å². The molecule has 0 aliphatic rings. The Bertz CT molecular complexity index is 892. The van der Waals surface area contributed by atoms with Crippen LogP contribution in [0.15, 0.2) is 54.6 Å². The molecular weight excluding hydrogens is 360 g/mol. The zero-order valence-corrected chi connectivity index (χ0v) is 16.2. The van der Waals surface area contributed by atoms with Gasteiger partial charge in [-0.3, -0.25) is 0 Å². The van der Waals surface area contributed by atoms with E-state index in [1.807, 2.05) is 68.4 Å². The number of nitrogen functional groups attached to an aromatic ring is 1. The number of rotatable bonds is 7. The predicted octanol–water partition coefficient (Wildman–Crippen LogP) is 4.60. The monoisotopic (exact) mass is 382 g/mol. The first-order valence-electron chi connectivity index (χ1n) is 8.77. The largest absolute Gasteiger partial charge is 0.479 e. The number of nitrogens with zero attached hydrogens (tertiary/aromatic N) is 1. The fourth-order valence-electron chi connectivity index (χ4n) is 2.66. The second-order valence-corrected chi connectivity index (χ2v) is 7.32. The van der Waals surface area contributed by atoms with Crippen molar-refractivity contribution in [3.8, 4) is 17.0 Å². The summed E-state index contributed by atoms with van der Waals surface area (Å²) in [5.74, 6) is 0.247. The van der Waals surface area contributed by atoms with Crippen LogP contribution in [-0.4, -0.2) is 17.1 Å². The van der Waals surface area contributed by atoms with Gasteiger partial charge < -0.3 is 15.2 Å². The summed E-state index contributed by atoms with van der Waals surface area (Å²) in [6.07, 6.45) is -0.117. The standard InChI is InChI=1S/C21H22N2O3S/c1-3-18(20(24)25-13-15-7-5-4-6-8-15)26-17-11-9-16(10-12-17)19-14(2)27-21(22)23-19/h4-12,18H,3,13H2,1-2H3,(H2,22,23). The van der Waals surface area contributed by atoms with E-state index in [1.54, 1.807) is 0 Å². The summed E-state index contributed by atoms with van der Waals surface area (Å²) < 4.78 is 11.2. The Morgan fingerprint density at radius 2 is 1.85 bits per heavy atom. The fourth-order valence-corrected chi connectivity index (χ4v) is 3.37. The molecule has 0 aliphatic heterocycles. The molecule has 3 rings (SSSR count). The van der Waals surface area contributed by atoms with Crippen LogP contribution in [0.2, 0.25) is 0 Å². The van der Waals surface area contributed by atoms with Crippen molar-refractivity contribution in [2.75, 3.05) is 5.73 Å². The number of aryl methyl sites for hydroxylation is 1. The lowest BCUT2D eigenvalue weighted by molar-refractivity contribution is -0.153. The number of carbonyl (C=O) groups is 1. The molecule has 0 saturated carbocycles. The number of anilines is 1. The topological polar surface area (TPSA) is 74.4 Å². The van der Waals surface area contributed by atoms with E-state index in [0.29, 0.717) is 17.3 Å². The van der Waals surface area contributed by atoms with E-state index in [-0.39, 0.29) is 12.6 Å². The fraction of sp³-hybridized carbons (Fsp3) is 0.238. The number of nitrogens with two attached hydrogens (primary N) is 1. The third-order valence-corrected chi connectivity index (χ3v) is 4.88. The maximum absolute atomic E-state index is 12.3. The Balaban J connectivity index is 1.62. The predicted molar refractivity (Wildman–Crippen MR) is 108 cm³/mol. The van der Waals surface area contributed by atoms with Gasteiger partial charge in [-0.15, -0.1) is 11.3 Å². The molecule has 1 unspecified atom stereocenters. The van der Waals surface area contributed by atoms with Gasteiger partial charge in [0, 0.05) is 10.4 Å². The van der Waals surface area contributed by atoms with E-state index in [1.165, 1.54) is 11.3 Å². The highest BCUT2D eigenvalue weighted by Crippen LogP contribution is 2.30. The normalized spacial score (nSPS) is 11.8. The van der Waals surface area contributed by atoms with Crippen LogP contribution in [0.3, 0.4) is 0 Å². The van der Waals surface area contributed by atoms with E-state index in [2.05, 4.69) is 4.98 Å². The lowest BCUT2D eigenvalue weighted by Crippen LogP contribution is -2.28. The van der Waals surface area contributed by atoms with Crippen molar-refractivity contribution in [3.05, 3.63) is 65.0 Å². The number of hydrogen-bond acceptors (Lipinski definition) is 6. The molecule has 1 heterocycles. The number of thiazole rings is 1. The second-order valence-electron chi connectivity index (χ2n) is 6.09. The Labute approximate surface area is 162 Å². The molecular formula is C21H22N2O3S. The maximum Gasteiger partial charge on any atom is 0.347 e. The van der Waals surface area contributed by atoms with Crippen LogP contribution in [0, 0.1) is 6.92 Å². The van der Waals surface area contributed by atoms with E-state index in [4.69, 9.17) is 15.2 Å². The van der Waals surface area contributed by atoms with Crippen molar-refractivity contribution < 1.29 is 14.3 Å². The van der Waals surface area contributed by atoms with Crippen LogP contribution in [0.4, 0.5) is 5.13 Å². The minimum atomic E-state index is -0.642. The van der Waals surface area contributed by atoms with E-state index >= 15 is 0 Å². The van der Waals surface area contributed by atoms with Crippen LogP contribution in [0.1, 0.15) is 23.8 Å². The van der Waals surface area contributed by atoms with Gasteiger partial charge in [-0.1, -0.05) is 37.3 Å². The zero-order chi connectivity index (χ0) is 19.2. The summed E-state index contributed by atoms with van der Waals surface area (Å²) >= 11 is 1.46. The second kappa shape index (κ2) is 8.68. The van der Waals surface area contributed by atoms with Gasteiger partial charge in [0.15, 0.2) is 11.2 Å². The molecule has 1 aromatic heterocycles. The highest BCUT2D eigenvalue weighted by molar-refractivity contribution is 7.15. The molecule has 0 amide bonds. The molecule has 0 saturated heterocycles. The van der Waals surface area contributed by atoms with Crippen LogP contribution < -0.4 is 10.5 Å². The zero-order valence-electron chi connectivity index (χ0n) is 15.3. The van der Waals surface area contributed by atoms with Crippen LogP contribution in [-0.2, 0) is 16.1 Å². The Morgan fingerprint density at radius 3 is 2.44 bits per heavy atom. The summed E-state index contributed by atoms with van der Waals surface area (Å²) in [5, 5.41) is 0.551. The van der Waals surface area contributed by atoms with Crippen molar-refractivity contribution in [1.29, 1.82) is 0 Å². The first kappa shape index (κ1) is 18.9. The first-order valence-corrected chi connectivity index (χ1v) is 9.59. The minimum Gasteiger partial charge on any atom is -0.479 e. The average molecular weight is 382 g/mol. The van der Waals surface area contributed by atoms with Gasteiger partial charge in [0.05, 0.1) is 5.69 Å². The Morgan fingerprint density at radius 1 is 1.15 bits per heavy atom. The van der Waals surface area contributed by atoms with Crippen molar-refractivity contribution in [2.24, 2.45) is 0 Å². The first-order chi connectivity index (χ1) is 13.1. The third kappa shape index (κ3) is 4.86. The number of esters is 1. The molecule has 5 nitrogen and oxygen atoms in total. The lowest BCUT2D eigenvalue weighted by atomic mass is 10.1. The van der Waals surface area contributed by atoms with Gasteiger partial charge in [0.25, 0.3) is 0 Å². The molecule has 140 valence electrons. The molecule has 3 aromatic rings. The van der Waals surface area contributed by atoms with Gasteiger partial charge >= 0.3 is 5.97 Å². The quantitative estimate of drug-likeness (QED) is 0.605. The van der Waals surface area contributed by atoms with Crippen LogP contribution in [0.5, 0.6) is 5.75 Å². The van der Waals surface area contributed by atoms with Gasteiger partial charge in [0.1, 0.15) is 12.4 Å². The van der Waals surface area contributed by atoms with E-state index < -0.39 is 6.10 Å². The average Bonchev–Trinajstić information content (AvgIpc) is 3.03. The molecule has 0 radical (unpaired) electrons. The van der Waals surface area contributed by atoms with E-state index in [0.717, 1.165) is 21.7 Å². The Kier molecular flexibility index (Phi) is 6.08. The molecule has 2 aromatic carbocycles. The summed E-state index contributed by atoms with van der Waals surface area (Å²) in [4.78, 5) is 17.7. The molecule has 0 bridgehead atoms. The molecule has 0 aliphatic carbocycles. The maximum atomic E-state index is 12.3. The van der Waals surface area contributed by atoms with Crippen molar-refractivity contribution >= 4 is 22.4 Å². The van der Waals surface area contributed by atoms with Crippen LogP contribution in [0.25, 0.3) is 11.3 Å². The highest BCUT2D eigenvalue weighted by Gasteiger charge is 2.20.